The summed E-state index contributed by atoms with van der Waals surface area (Å²) in [4.78, 5) is 0. The zero-order valence-corrected chi connectivity index (χ0v) is 7.96. The van der Waals surface area contributed by atoms with Crippen molar-refractivity contribution >= 4 is 6.08 Å². The van der Waals surface area contributed by atoms with Crippen LogP contribution in [0.25, 0.3) is 6.08 Å². The van der Waals surface area contributed by atoms with E-state index in [4.69, 9.17) is 5.26 Å². The van der Waals surface area contributed by atoms with Crippen LogP contribution in [0.15, 0.2) is 18.2 Å². The minimum atomic E-state index is 0.770. The Labute approximate surface area is 79.3 Å². The number of hydrogen-bond acceptors (Lipinski definition) is 1. The molecule has 0 bridgehead atoms. The minimum Gasteiger partial charge on any atom is -0.192 e. The molecule has 0 unspecified atom stereocenters. The average Bonchev–Trinajstić information content (AvgIpc) is 2.18. The lowest BCUT2D eigenvalue weighted by Gasteiger charge is -2.04. The molecular formula is C12H12N. The van der Waals surface area contributed by atoms with Crippen molar-refractivity contribution in [1.82, 2.24) is 0 Å². The first-order valence-corrected chi connectivity index (χ1v) is 4.36. The van der Waals surface area contributed by atoms with Gasteiger partial charge in [-0.3, -0.25) is 0 Å². The summed E-state index contributed by atoms with van der Waals surface area (Å²) in [7, 11) is 0. The lowest BCUT2D eigenvalue weighted by atomic mass is 9.99. The van der Waals surface area contributed by atoms with Crippen molar-refractivity contribution in [2.75, 3.05) is 0 Å². The van der Waals surface area contributed by atoms with Crippen molar-refractivity contribution < 1.29 is 0 Å². The van der Waals surface area contributed by atoms with Crippen molar-refractivity contribution in [3.05, 3.63) is 41.0 Å². The number of benzene rings is 1. The second kappa shape index (κ2) is 4.47. The molecule has 0 amide bonds. The van der Waals surface area contributed by atoms with E-state index in [9.17, 15) is 0 Å². The quantitative estimate of drug-likeness (QED) is 0.669. The summed E-state index contributed by atoms with van der Waals surface area (Å²) in [6, 6.07) is 7.96. The van der Waals surface area contributed by atoms with Gasteiger partial charge in [-0.15, -0.1) is 0 Å². The smallest absolute Gasteiger partial charge is 0.0994 e. The van der Waals surface area contributed by atoms with Crippen LogP contribution in [0.1, 0.15) is 30.5 Å². The lowest BCUT2D eigenvalue weighted by Crippen LogP contribution is -1.91. The van der Waals surface area contributed by atoms with E-state index in [0.29, 0.717) is 0 Å². The number of nitrogens with zero attached hydrogens (tertiary/aromatic N) is 1. The highest BCUT2D eigenvalue weighted by atomic mass is 14.2. The highest BCUT2D eigenvalue weighted by molar-refractivity contribution is 5.57. The van der Waals surface area contributed by atoms with E-state index >= 15 is 0 Å². The average molecular weight is 170 g/mol. The second-order valence-electron chi connectivity index (χ2n) is 2.77. The summed E-state index contributed by atoms with van der Waals surface area (Å²) in [6.45, 7) is 3.92. The number of hydrogen-bond donors (Lipinski definition) is 0. The van der Waals surface area contributed by atoms with Gasteiger partial charge in [0.2, 0.25) is 0 Å². The third-order valence-corrected chi connectivity index (χ3v) is 1.99. The van der Waals surface area contributed by atoms with Crippen LogP contribution < -0.4 is 0 Å². The van der Waals surface area contributed by atoms with Crippen molar-refractivity contribution in [3.63, 3.8) is 0 Å². The maximum atomic E-state index is 8.86. The lowest BCUT2D eigenvalue weighted by molar-refractivity contribution is 1.12. The predicted octanol–water partition coefficient (Wildman–Crippen LogP) is 2.96. The molecule has 1 heteroatoms. The normalized spacial score (nSPS) is 10.2. The van der Waals surface area contributed by atoms with E-state index in [1.54, 1.807) is 0 Å². The van der Waals surface area contributed by atoms with Crippen LogP contribution in [-0.4, -0.2) is 0 Å². The maximum absolute atomic E-state index is 8.86. The minimum absolute atomic E-state index is 0.770. The summed E-state index contributed by atoms with van der Waals surface area (Å²) in [5.74, 6) is 0. The second-order valence-corrected chi connectivity index (χ2v) is 2.77. The van der Waals surface area contributed by atoms with Gasteiger partial charge in [0.25, 0.3) is 0 Å². The standard InChI is InChI=1S/C12H12N/c1-3-6-10-7-5-8-11(9-13)12(10)4-2/h5-8H,4H2,1-2H3. The molecule has 0 aliphatic heterocycles. The monoisotopic (exact) mass is 170 g/mol. The molecule has 1 radical (unpaired) electrons. The molecule has 0 atom stereocenters. The van der Waals surface area contributed by atoms with Crippen LogP contribution in [0, 0.1) is 17.4 Å². The van der Waals surface area contributed by atoms with Crippen LogP contribution in [0.5, 0.6) is 0 Å². The molecule has 65 valence electrons. The van der Waals surface area contributed by atoms with Crippen LogP contribution >= 0.6 is 0 Å². The SMILES string of the molecule is C[C]=Cc1cccc(C#N)c1CC. The van der Waals surface area contributed by atoms with Crippen molar-refractivity contribution in [2.45, 2.75) is 20.3 Å². The Bertz CT molecular complexity index is 356. The van der Waals surface area contributed by atoms with Crippen molar-refractivity contribution in [3.8, 4) is 6.07 Å². The molecule has 1 aromatic rings. The predicted molar refractivity (Wildman–Crippen MR) is 53.9 cm³/mol. The summed E-state index contributed by atoms with van der Waals surface area (Å²) < 4.78 is 0. The fraction of sp³-hybridized carbons (Fsp3) is 0.250. The van der Waals surface area contributed by atoms with Gasteiger partial charge in [0.05, 0.1) is 11.6 Å². The van der Waals surface area contributed by atoms with E-state index in [-0.39, 0.29) is 0 Å². The van der Waals surface area contributed by atoms with Gasteiger partial charge in [0.15, 0.2) is 0 Å². The van der Waals surface area contributed by atoms with Gasteiger partial charge in [0, 0.05) is 0 Å². The van der Waals surface area contributed by atoms with Gasteiger partial charge in [-0.1, -0.05) is 25.1 Å². The van der Waals surface area contributed by atoms with Crippen molar-refractivity contribution in [1.29, 1.82) is 5.26 Å². The highest BCUT2D eigenvalue weighted by Crippen LogP contribution is 2.16. The molecule has 0 saturated carbocycles. The molecule has 1 rings (SSSR count). The molecule has 0 N–H and O–H groups in total. The first-order valence-electron chi connectivity index (χ1n) is 4.36. The van der Waals surface area contributed by atoms with Crippen LogP contribution in [-0.2, 0) is 6.42 Å². The fourth-order valence-corrected chi connectivity index (χ4v) is 1.39. The Morgan fingerprint density at radius 1 is 1.46 bits per heavy atom. The Morgan fingerprint density at radius 2 is 2.23 bits per heavy atom. The molecule has 1 aromatic carbocycles. The molecule has 0 saturated heterocycles. The summed E-state index contributed by atoms with van der Waals surface area (Å²) in [6.07, 6.45) is 5.78. The maximum Gasteiger partial charge on any atom is 0.0994 e. The molecular weight excluding hydrogens is 158 g/mol. The molecule has 0 aliphatic carbocycles. The molecule has 0 heterocycles. The zero-order chi connectivity index (χ0) is 9.68. The fourth-order valence-electron chi connectivity index (χ4n) is 1.39. The molecule has 0 aromatic heterocycles. The van der Waals surface area contributed by atoms with Crippen LogP contribution in [0.4, 0.5) is 0 Å². The Hall–Kier alpha value is -1.55. The number of nitriles is 1. The number of rotatable bonds is 2. The van der Waals surface area contributed by atoms with Gasteiger partial charge in [-0.2, -0.15) is 5.26 Å². The molecule has 13 heavy (non-hydrogen) atoms. The van der Waals surface area contributed by atoms with Gasteiger partial charge in [0.1, 0.15) is 0 Å². The zero-order valence-electron chi connectivity index (χ0n) is 7.96. The number of allylic oxidation sites excluding steroid dienone is 1. The van der Waals surface area contributed by atoms with Gasteiger partial charge in [-0.05, 0) is 36.6 Å². The van der Waals surface area contributed by atoms with E-state index in [1.807, 2.05) is 31.2 Å². The molecule has 0 spiro atoms. The first kappa shape index (κ1) is 9.54. The van der Waals surface area contributed by atoms with Crippen LogP contribution in [0.2, 0.25) is 0 Å². The summed E-state index contributed by atoms with van der Waals surface area (Å²) >= 11 is 0. The Morgan fingerprint density at radius 3 is 2.77 bits per heavy atom. The van der Waals surface area contributed by atoms with Gasteiger partial charge < -0.3 is 0 Å². The third-order valence-electron chi connectivity index (χ3n) is 1.99. The largest absolute Gasteiger partial charge is 0.192 e. The third kappa shape index (κ3) is 1.97. The summed E-state index contributed by atoms with van der Waals surface area (Å²) in [5, 5.41) is 8.86. The molecule has 0 aliphatic rings. The molecule has 0 fully saturated rings. The highest BCUT2D eigenvalue weighted by Gasteiger charge is 2.02. The van der Waals surface area contributed by atoms with Crippen molar-refractivity contribution in [2.24, 2.45) is 0 Å². The Kier molecular flexibility index (Phi) is 3.28. The molecule has 1 nitrogen and oxygen atoms in total. The van der Waals surface area contributed by atoms with Gasteiger partial charge >= 0.3 is 0 Å². The van der Waals surface area contributed by atoms with E-state index in [1.165, 1.54) is 0 Å². The van der Waals surface area contributed by atoms with E-state index in [0.717, 1.165) is 23.1 Å². The Balaban J connectivity index is 3.29. The van der Waals surface area contributed by atoms with Crippen LogP contribution in [0.3, 0.4) is 0 Å². The topological polar surface area (TPSA) is 23.8 Å². The van der Waals surface area contributed by atoms with E-state index < -0.39 is 0 Å². The summed E-state index contributed by atoms with van der Waals surface area (Å²) in [5.41, 5.74) is 2.98. The van der Waals surface area contributed by atoms with E-state index in [2.05, 4.69) is 19.1 Å². The first-order chi connectivity index (χ1) is 6.33. The van der Waals surface area contributed by atoms with Gasteiger partial charge in [-0.25, -0.2) is 0 Å².